The third-order valence-corrected chi connectivity index (χ3v) is 5.78. The summed E-state index contributed by atoms with van der Waals surface area (Å²) in [4.78, 5) is 31.4. The van der Waals surface area contributed by atoms with Gasteiger partial charge in [-0.3, -0.25) is 18.5 Å². The third-order valence-electron chi connectivity index (χ3n) is 5.78. The summed E-state index contributed by atoms with van der Waals surface area (Å²) in [7, 11) is 1.63. The molecule has 5 aromatic rings. The number of hydrazone groups is 1. The van der Waals surface area contributed by atoms with Crippen LogP contribution in [0.3, 0.4) is 0 Å². The lowest BCUT2D eigenvalue weighted by molar-refractivity contribution is 0.653. The number of benzene rings is 3. The molecule has 3 aromatic carbocycles. The molecule has 0 bridgehead atoms. The van der Waals surface area contributed by atoms with E-state index >= 15 is 0 Å². The highest BCUT2D eigenvalue weighted by Gasteiger charge is 2.20. The highest BCUT2D eigenvalue weighted by atomic mass is 16.2. The first-order valence-corrected chi connectivity index (χ1v) is 11.2. The van der Waals surface area contributed by atoms with Crippen molar-refractivity contribution in [3.63, 3.8) is 0 Å². The Morgan fingerprint density at radius 2 is 1.34 bits per heavy atom. The zero-order valence-electron chi connectivity index (χ0n) is 19.2. The fourth-order valence-electron chi connectivity index (χ4n) is 3.99. The molecule has 0 saturated carbocycles. The first-order valence-electron chi connectivity index (χ1n) is 11.2. The molecule has 0 fully saturated rings. The number of rotatable bonds is 7. The number of aryl methyl sites for hydroxylation is 1. The van der Waals surface area contributed by atoms with Crippen molar-refractivity contribution in [3.8, 4) is 0 Å². The number of imidazole rings is 1. The monoisotopic (exact) mass is 464 g/mol. The van der Waals surface area contributed by atoms with E-state index in [1.165, 1.54) is 9.13 Å². The Labute approximate surface area is 201 Å². The van der Waals surface area contributed by atoms with Crippen molar-refractivity contribution >= 4 is 23.3 Å². The van der Waals surface area contributed by atoms with Gasteiger partial charge in [0.15, 0.2) is 11.2 Å². The summed E-state index contributed by atoms with van der Waals surface area (Å²) in [6, 6.07) is 28.9. The van der Waals surface area contributed by atoms with E-state index in [0.717, 1.165) is 16.7 Å². The van der Waals surface area contributed by atoms with Gasteiger partial charge in [0.2, 0.25) is 5.95 Å². The predicted molar refractivity (Wildman–Crippen MR) is 138 cm³/mol. The maximum absolute atomic E-state index is 13.6. The Kier molecular flexibility index (Phi) is 6.09. The summed E-state index contributed by atoms with van der Waals surface area (Å²) < 4.78 is 4.43. The van der Waals surface area contributed by atoms with E-state index in [1.54, 1.807) is 17.8 Å². The molecule has 0 unspecified atom stereocenters. The summed E-state index contributed by atoms with van der Waals surface area (Å²) in [5, 5.41) is 4.33. The van der Waals surface area contributed by atoms with E-state index < -0.39 is 11.2 Å². The average Bonchev–Trinajstić information content (AvgIpc) is 3.25. The zero-order valence-corrected chi connectivity index (χ0v) is 19.2. The van der Waals surface area contributed by atoms with Crippen LogP contribution in [0.15, 0.2) is 106 Å². The second-order valence-corrected chi connectivity index (χ2v) is 8.18. The van der Waals surface area contributed by atoms with Crippen LogP contribution >= 0.6 is 0 Å². The van der Waals surface area contributed by atoms with Gasteiger partial charge >= 0.3 is 5.69 Å². The van der Waals surface area contributed by atoms with Crippen LogP contribution in [-0.4, -0.2) is 24.9 Å². The molecule has 0 aliphatic rings. The molecule has 5 rings (SSSR count). The van der Waals surface area contributed by atoms with Gasteiger partial charge in [-0.15, -0.1) is 0 Å². The Morgan fingerprint density at radius 3 is 1.94 bits per heavy atom. The van der Waals surface area contributed by atoms with Crippen LogP contribution in [0.4, 0.5) is 5.95 Å². The van der Waals surface area contributed by atoms with Crippen molar-refractivity contribution in [1.82, 2.24) is 18.7 Å². The largest absolute Gasteiger partial charge is 0.332 e. The summed E-state index contributed by atoms with van der Waals surface area (Å²) in [6.07, 6.45) is 1.68. The maximum atomic E-state index is 13.6. The molecule has 0 radical (unpaired) electrons. The Balaban J connectivity index is 1.64. The first kappa shape index (κ1) is 22.1. The highest BCUT2D eigenvalue weighted by molar-refractivity contribution is 5.80. The molecular weight excluding hydrogens is 440 g/mol. The van der Waals surface area contributed by atoms with Gasteiger partial charge in [-0.2, -0.15) is 10.1 Å². The molecule has 8 nitrogen and oxygen atoms in total. The standard InChI is InChI=1S/C27H24N6O2/c1-31-24-23(25(34)33(27(31)35)19-22-15-9-4-10-16-22)32(18-21-13-7-3-8-14-21)26(29-24)30-28-17-20-11-5-2-6-12-20/h2-17H,18-19H2,1H3,(H,29,30)/b28-17+. The fraction of sp³-hybridized carbons (Fsp3) is 0.111. The second kappa shape index (κ2) is 9.64. The number of nitrogens with zero attached hydrogens (tertiary/aromatic N) is 5. The van der Waals surface area contributed by atoms with Crippen LogP contribution in [0.2, 0.25) is 0 Å². The van der Waals surface area contributed by atoms with E-state index in [-0.39, 0.29) is 6.54 Å². The number of aromatic nitrogens is 4. The molecule has 0 aliphatic heterocycles. The van der Waals surface area contributed by atoms with E-state index in [2.05, 4.69) is 15.5 Å². The van der Waals surface area contributed by atoms with Crippen LogP contribution in [0.5, 0.6) is 0 Å². The van der Waals surface area contributed by atoms with Crippen LogP contribution in [0.25, 0.3) is 11.2 Å². The number of anilines is 1. The lowest BCUT2D eigenvalue weighted by Gasteiger charge is -2.11. The molecular formula is C27H24N6O2. The minimum absolute atomic E-state index is 0.174. The molecule has 0 spiro atoms. The first-order chi connectivity index (χ1) is 17.1. The second-order valence-electron chi connectivity index (χ2n) is 8.18. The summed E-state index contributed by atoms with van der Waals surface area (Å²) in [5.41, 5.74) is 5.58. The zero-order chi connectivity index (χ0) is 24.2. The molecule has 0 saturated heterocycles. The number of hydrogen-bond acceptors (Lipinski definition) is 5. The predicted octanol–water partition coefficient (Wildman–Crippen LogP) is 3.44. The number of hydrogen-bond donors (Lipinski definition) is 1. The van der Waals surface area contributed by atoms with Gasteiger partial charge in [-0.1, -0.05) is 91.0 Å². The Bertz CT molecular complexity index is 1600. The van der Waals surface area contributed by atoms with Crippen LogP contribution < -0.4 is 16.7 Å². The highest BCUT2D eigenvalue weighted by Crippen LogP contribution is 2.18. The molecule has 0 amide bonds. The van der Waals surface area contributed by atoms with Crippen molar-refractivity contribution in [3.05, 3.63) is 129 Å². The quantitative estimate of drug-likeness (QED) is 0.295. The van der Waals surface area contributed by atoms with Crippen LogP contribution in [-0.2, 0) is 20.1 Å². The van der Waals surface area contributed by atoms with Crippen molar-refractivity contribution in [2.45, 2.75) is 13.1 Å². The molecule has 2 heterocycles. The number of nitrogens with one attached hydrogen (secondary N) is 1. The van der Waals surface area contributed by atoms with Gasteiger partial charge in [0, 0.05) is 7.05 Å². The lowest BCUT2D eigenvalue weighted by Crippen LogP contribution is -2.40. The molecule has 2 aromatic heterocycles. The van der Waals surface area contributed by atoms with E-state index in [0.29, 0.717) is 23.7 Å². The fourth-order valence-corrected chi connectivity index (χ4v) is 3.99. The summed E-state index contributed by atoms with van der Waals surface area (Å²) in [6.45, 7) is 0.563. The van der Waals surface area contributed by atoms with E-state index in [1.807, 2.05) is 91.0 Å². The average molecular weight is 465 g/mol. The van der Waals surface area contributed by atoms with Gasteiger partial charge < -0.3 is 0 Å². The minimum Gasteiger partial charge on any atom is -0.298 e. The summed E-state index contributed by atoms with van der Waals surface area (Å²) in [5.74, 6) is 0.376. The molecule has 0 aliphatic carbocycles. The molecule has 0 atom stereocenters. The van der Waals surface area contributed by atoms with Crippen LogP contribution in [0.1, 0.15) is 16.7 Å². The van der Waals surface area contributed by atoms with Gasteiger partial charge in [-0.25, -0.2) is 10.2 Å². The normalized spacial score (nSPS) is 11.3. The lowest BCUT2D eigenvalue weighted by atomic mass is 10.2. The minimum atomic E-state index is -0.421. The van der Waals surface area contributed by atoms with Gasteiger partial charge in [0.1, 0.15) is 0 Å². The van der Waals surface area contributed by atoms with E-state index in [4.69, 9.17) is 0 Å². The van der Waals surface area contributed by atoms with Gasteiger partial charge in [-0.05, 0) is 16.7 Å². The molecule has 8 heteroatoms. The smallest absolute Gasteiger partial charge is 0.298 e. The SMILES string of the molecule is Cn1c(=O)n(Cc2ccccc2)c(=O)c2c1nc(N/N=C/c1ccccc1)n2Cc1ccccc1. The van der Waals surface area contributed by atoms with Crippen molar-refractivity contribution < 1.29 is 0 Å². The van der Waals surface area contributed by atoms with E-state index in [9.17, 15) is 9.59 Å². The maximum Gasteiger partial charge on any atom is 0.332 e. The molecule has 1 N–H and O–H groups in total. The van der Waals surface area contributed by atoms with Crippen molar-refractivity contribution in [2.24, 2.45) is 12.1 Å². The Morgan fingerprint density at radius 1 is 0.800 bits per heavy atom. The number of fused-ring (bicyclic) bond motifs is 1. The molecule has 174 valence electrons. The van der Waals surface area contributed by atoms with Gasteiger partial charge in [0.25, 0.3) is 5.56 Å². The Hall–Kier alpha value is -4.72. The molecule has 35 heavy (non-hydrogen) atoms. The van der Waals surface area contributed by atoms with Crippen LogP contribution in [0, 0.1) is 0 Å². The van der Waals surface area contributed by atoms with Gasteiger partial charge in [0.05, 0.1) is 19.3 Å². The third kappa shape index (κ3) is 4.54. The van der Waals surface area contributed by atoms with Crippen molar-refractivity contribution in [2.75, 3.05) is 5.43 Å². The topological polar surface area (TPSA) is 86.2 Å². The summed E-state index contributed by atoms with van der Waals surface area (Å²) >= 11 is 0. The van der Waals surface area contributed by atoms with Crippen molar-refractivity contribution in [1.29, 1.82) is 0 Å².